The van der Waals surface area contributed by atoms with Gasteiger partial charge in [-0.25, -0.2) is 0 Å². The number of thioether (sulfide) groups is 1. The Hall–Kier alpha value is -1.74. The molecule has 0 saturated carbocycles. The van der Waals surface area contributed by atoms with Crippen molar-refractivity contribution in [2.45, 2.75) is 31.8 Å². The molecule has 0 fully saturated rings. The Morgan fingerprint density at radius 3 is 2.52 bits per heavy atom. The number of anilines is 1. The largest absolute Gasteiger partial charge is 0.325 e. The average Bonchev–Trinajstić information content (AvgIpc) is 2.50. The summed E-state index contributed by atoms with van der Waals surface area (Å²) in [6.45, 7) is 6.04. The molecule has 0 aromatic heterocycles. The number of amides is 1. The third-order valence-electron chi connectivity index (χ3n) is 3.57. The molecule has 3 heteroatoms. The van der Waals surface area contributed by atoms with Gasteiger partial charge in [0.1, 0.15) is 0 Å². The Morgan fingerprint density at radius 1 is 1.10 bits per heavy atom. The SMILES string of the molecule is Cc1cccc(NC(=O)C(C)SCc2ccccc2)c1C. The van der Waals surface area contributed by atoms with Gasteiger partial charge in [0, 0.05) is 11.4 Å². The summed E-state index contributed by atoms with van der Waals surface area (Å²) in [6, 6.07) is 16.2. The summed E-state index contributed by atoms with van der Waals surface area (Å²) in [6.07, 6.45) is 0. The normalized spacial score (nSPS) is 12.0. The van der Waals surface area contributed by atoms with Crippen LogP contribution in [0.3, 0.4) is 0 Å². The molecule has 110 valence electrons. The van der Waals surface area contributed by atoms with Gasteiger partial charge in [0.15, 0.2) is 0 Å². The monoisotopic (exact) mass is 299 g/mol. The van der Waals surface area contributed by atoms with Crippen molar-refractivity contribution in [1.29, 1.82) is 0 Å². The van der Waals surface area contributed by atoms with Gasteiger partial charge in [0.25, 0.3) is 0 Å². The van der Waals surface area contributed by atoms with Crippen molar-refractivity contribution in [1.82, 2.24) is 0 Å². The maximum atomic E-state index is 12.3. The Balaban J connectivity index is 1.92. The van der Waals surface area contributed by atoms with Crippen molar-refractivity contribution in [2.24, 2.45) is 0 Å². The first-order valence-electron chi connectivity index (χ1n) is 7.10. The molecule has 0 aliphatic rings. The summed E-state index contributed by atoms with van der Waals surface area (Å²) in [5.41, 5.74) is 4.48. The van der Waals surface area contributed by atoms with Crippen molar-refractivity contribution >= 4 is 23.4 Å². The first kappa shape index (κ1) is 15.6. The third kappa shape index (κ3) is 4.36. The van der Waals surface area contributed by atoms with Gasteiger partial charge in [-0.15, -0.1) is 11.8 Å². The van der Waals surface area contributed by atoms with Crippen molar-refractivity contribution in [2.75, 3.05) is 5.32 Å². The maximum absolute atomic E-state index is 12.3. The summed E-state index contributed by atoms with van der Waals surface area (Å²) in [5, 5.41) is 2.95. The topological polar surface area (TPSA) is 29.1 Å². The first-order valence-corrected chi connectivity index (χ1v) is 8.15. The Bertz CT molecular complexity index is 610. The second-order valence-electron chi connectivity index (χ2n) is 5.18. The fourth-order valence-electron chi connectivity index (χ4n) is 1.99. The van der Waals surface area contributed by atoms with Crippen LogP contribution < -0.4 is 5.32 Å². The molecule has 1 amide bonds. The smallest absolute Gasteiger partial charge is 0.237 e. The minimum atomic E-state index is -0.0786. The van der Waals surface area contributed by atoms with Crippen molar-refractivity contribution in [3.05, 3.63) is 65.2 Å². The maximum Gasteiger partial charge on any atom is 0.237 e. The molecule has 0 aliphatic carbocycles. The van der Waals surface area contributed by atoms with Crippen LogP contribution in [0.25, 0.3) is 0 Å². The minimum absolute atomic E-state index is 0.0598. The number of carbonyl (C=O) groups is 1. The summed E-state index contributed by atoms with van der Waals surface area (Å²) < 4.78 is 0. The Kier molecular flexibility index (Phi) is 5.45. The van der Waals surface area contributed by atoms with Crippen LogP contribution in [-0.4, -0.2) is 11.2 Å². The number of benzene rings is 2. The zero-order valence-electron chi connectivity index (χ0n) is 12.7. The van der Waals surface area contributed by atoms with E-state index in [1.54, 1.807) is 11.8 Å². The molecule has 2 rings (SSSR count). The molecule has 1 N–H and O–H groups in total. The number of hydrogen-bond donors (Lipinski definition) is 1. The lowest BCUT2D eigenvalue weighted by Gasteiger charge is -2.14. The summed E-state index contributed by atoms with van der Waals surface area (Å²) in [4.78, 5) is 12.3. The lowest BCUT2D eigenvalue weighted by Crippen LogP contribution is -2.23. The van der Waals surface area contributed by atoms with E-state index in [2.05, 4.69) is 30.4 Å². The van der Waals surface area contributed by atoms with E-state index in [9.17, 15) is 4.79 Å². The second kappa shape index (κ2) is 7.32. The van der Waals surface area contributed by atoms with Gasteiger partial charge in [-0.1, -0.05) is 42.5 Å². The van der Waals surface area contributed by atoms with Gasteiger partial charge >= 0.3 is 0 Å². The second-order valence-corrected chi connectivity index (χ2v) is 6.50. The van der Waals surface area contributed by atoms with Crippen LogP contribution in [0.1, 0.15) is 23.6 Å². The molecular weight excluding hydrogens is 278 g/mol. The standard InChI is InChI=1S/C18H21NOS/c1-13-8-7-11-17(14(13)2)19-18(20)15(3)21-12-16-9-5-4-6-10-16/h4-11,15H,12H2,1-3H3,(H,19,20). The van der Waals surface area contributed by atoms with E-state index in [1.165, 1.54) is 11.1 Å². The molecule has 2 nitrogen and oxygen atoms in total. The lowest BCUT2D eigenvalue weighted by atomic mass is 10.1. The lowest BCUT2D eigenvalue weighted by molar-refractivity contribution is -0.115. The highest BCUT2D eigenvalue weighted by Crippen LogP contribution is 2.22. The van der Waals surface area contributed by atoms with Gasteiger partial charge in [-0.3, -0.25) is 4.79 Å². The van der Waals surface area contributed by atoms with E-state index in [1.807, 2.05) is 44.2 Å². The van der Waals surface area contributed by atoms with Crippen LogP contribution in [0.4, 0.5) is 5.69 Å². The fourth-order valence-corrected chi connectivity index (χ4v) is 2.84. The van der Waals surface area contributed by atoms with Gasteiger partial charge in [-0.05, 0) is 43.5 Å². The van der Waals surface area contributed by atoms with E-state index < -0.39 is 0 Å². The molecule has 21 heavy (non-hydrogen) atoms. The Morgan fingerprint density at radius 2 is 1.81 bits per heavy atom. The minimum Gasteiger partial charge on any atom is -0.325 e. The van der Waals surface area contributed by atoms with Gasteiger partial charge < -0.3 is 5.32 Å². The molecular formula is C18H21NOS. The van der Waals surface area contributed by atoms with Crippen LogP contribution in [0.15, 0.2) is 48.5 Å². The zero-order chi connectivity index (χ0) is 15.2. The number of rotatable bonds is 5. The van der Waals surface area contributed by atoms with E-state index in [-0.39, 0.29) is 11.2 Å². The molecule has 0 radical (unpaired) electrons. The van der Waals surface area contributed by atoms with Crippen molar-refractivity contribution in [3.8, 4) is 0 Å². The van der Waals surface area contributed by atoms with Crippen LogP contribution in [0, 0.1) is 13.8 Å². The third-order valence-corrected chi connectivity index (χ3v) is 4.79. The molecule has 1 unspecified atom stereocenters. The van der Waals surface area contributed by atoms with Gasteiger partial charge in [0.2, 0.25) is 5.91 Å². The van der Waals surface area contributed by atoms with Crippen LogP contribution in [0.2, 0.25) is 0 Å². The number of carbonyl (C=O) groups excluding carboxylic acids is 1. The summed E-state index contributed by atoms with van der Waals surface area (Å²) >= 11 is 1.65. The van der Waals surface area contributed by atoms with E-state index in [4.69, 9.17) is 0 Å². The molecule has 1 atom stereocenters. The highest BCUT2D eigenvalue weighted by atomic mass is 32.2. The fraction of sp³-hybridized carbons (Fsp3) is 0.278. The number of aryl methyl sites for hydroxylation is 1. The van der Waals surface area contributed by atoms with Crippen LogP contribution >= 0.6 is 11.8 Å². The first-order chi connectivity index (χ1) is 10.1. The van der Waals surface area contributed by atoms with Crippen LogP contribution in [0.5, 0.6) is 0 Å². The molecule has 0 bridgehead atoms. The molecule has 0 aliphatic heterocycles. The average molecular weight is 299 g/mol. The molecule has 2 aromatic carbocycles. The van der Waals surface area contributed by atoms with E-state index >= 15 is 0 Å². The molecule has 0 spiro atoms. The van der Waals surface area contributed by atoms with Gasteiger partial charge in [0.05, 0.1) is 5.25 Å². The van der Waals surface area contributed by atoms with Crippen molar-refractivity contribution < 1.29 is 4.79 Å². The number of hydrogen-bond acceptors (Lipinski definition) is 2. The predicted molar refractivity (Wildman–Crippen MR) is 91.7 cm³/mol. The van der Waals surface area contributed by atoms with E-state index in [0.717, 1.165) is 17.0 Å². The zero-order valence-corrected chi connectivity index (χ0v) is 13.5. The van der Waals surface area contributed by atoms with Crippen LogP contribution in [-0.2, 0) is 10.5 Å². The van der Waals surface area contributed by atoms with Gasteiger partial charge in [-0.2, -0.15) is 0 Å². The van der Waals surface area contributed by atoms with E-state index in [0.29, 0.717) is 0 Å². The molecule has 0 heterocycles. The molecule has 2 aromatic rings. The number of nitrogens with one attached hydrogen (secondary N) is 1. The van der Waals surface area contributed by atoms with Crippen molar-refractivity contribution in [3.63, 3.8) is 0 Å². The Labute approximate surface area is 131 Å². The highest BCUT2D eigenvalue weighted by molar-refractivity contribution is 7.99. The molecule has 0 saturated heterocycles. The highest BCUT2D eigenvalue weighted by Gasteiger charge is 2.14. The summed E-state index contributed by atoms with van der Waals surface area (Å²) in [5.74, 6) is 0.909. The predicted octanol–water partition coefficient (Wildman–Crippen LogP) is 4.56. The quantitative estimate of drug-likeness (QED) is 0.876. The summed E-state index contributed by atoms with van der Waals surface area (Å²) in [7, 11) is 0.